The zero-order chi connectivity index (χ0) is 16.6. The van der Waals surface area contributed by atoms with Crippen molar-refractivity contribution in [3.05, 3.63) is 30.0 Å². The molecule has 1 aromatic heterocycles. The van der Waals surface area contributed by atoms with Gasteiger partial charge in [0.25, 0.3) is 0 Å². The van der Waals surface area contributed by atoms with Crippen LogP contribution in [-0.2, 0) is 9.84 Å². The van der Waals surface area contributed by atoms with E-state index in [2.05, 4.69) is 9.88 Å². The summed E-state index contributed by atoms with van der Waals surface area (Å²) in [4.78, 5) is 6.66. The zero-order valence-electron chi connectivity index (χ0n) is 13.7. The first-order valence-electron chi connectivity index (χ1n) is 7.87. The van der Waals surface area contributed by atoms with Gasteiger partial charge >= 0.3 is 0 Å². The Bertz CT molecular complexity index is 833. The lowest BCUT2D eigenvalue weighted by Crippen LogP contribution is -2.32. The van der Waals surface area contributed by atoms with Crippen LogP contribution in [0.4, 0.5) is 5.69 Å². The fraction of sp³-hybridized carbons (Fsp3) is 0.471. The van der Waals surface area contributed by atoms with Crippen LogP contribution in [0, 0.1) is 6.92 Å². The van der Waals surface area contributed by atoms with Gasteiger partial charge in [-0.15, -0.1) is 0 Å². The lowest BCUT2D eigenvalue weighted by molar-refractivity contribution is 0.340. The van der Waals surface area contributed by atoms with E-state index in [1.807, 2.05) is 45.2 Å². The van der Waals surface area contributed by atoms with Crippen molar-refractivity contribution in [2.45, 2.75) is 26.3 Å². The third kappa shape index (κ3) is 3.27. The molecule has 0 spiro atoms. The second kappa shape index (κ2) is 6.00. The van der Waals surface area contributed by atoms with Gasteiger partial charge in [0.1, 0.15) is 5.75 Å². The van der Waals surface area contributed by atoms with Crippen LogP contribution in [0.25, 0.3) is 10.9 Å². The van der Waals surface area contributed by atoms with Crippen molar-refractivity contribution in [2.75, 3.05) is 30.1 Å². The molecule has 1 fully saturated rings. The summed E-state index contributed by atoms with van der Waals surface area (Å²) in [5.74, 6) is 1.30. The molecule has 0 radical (unpaired) electrons. The molecule has 1 unspecified atom stereocenters. The van der Waals surface area contributed by atoms with Crippen molar-refractivity contribution in [2.24, 2.45) is 0 Å². The first-order valence-corrected chi connectivity index (χ1v) is 9.69. The number of aromatic nitrogens is 1. The van der Waals surface area contributed by atoms with E-state index in [1.54, 1.807) is 0 Å². The Balaban J connectivity index is 2.06. The van der Waals surface area contributed by atoms with Crippen LogP contribution in [0.5, 0.6) is 5.75 Å². The predicted molar refractivity (Wildman–Crippen MR) is 93.1 cm³/mol. The number of aryl methyl sites for hydroxylation is 1. The van der Waals surface area contributed by atoms with Gasteiger partial charge in [0.05, 0.1) is 23.6 Å². The topological polar surface area (TPSA) is 59.5 Å². The molecule has 0 aliphatic carbocycles. The predicted octanol–water partition coefficient (Wildman–Crippen LogP) is 2.57. The van der Waals surface area contributed by atoms with E-state index in [9.17, 15) is 8.42 Å². The molecule has 1 atom stereocenters. The van der Waals surface area contributed by atoms with Crippen LogP contribution in [-0.4, -0.2) is 44.6 Å². The number of nitrogens with zero attached hydrogens (tertiary/aromatic N) is 2. The minimum Gasteiger partial charge on any atom is -0.494 e. The monoisotopic (exact) mass is 334 g/mol. The molecule has 2 aromatic rings. The van der Waals surface area contributed by atoms with Crippen molar-refractivity contribution in [1.82, 2.24) is 4.98 Å². The van der Waals surface area contributed by atoms with Gasteiger partial charge < -0.3 is 9.64 Å². The average Bonchev–Trinajstić information content (AvgIpc) is 2.86. The maximum absolute atomic E-state index is 11.8. The molecule has 5 nitrogen and oxygen atoms in total. The maximum Gasteiger partial charge on any atom is 0.152 e. The van der Waals surface area contributed by atoms with Gasteiger partial charge in [-0.1, -0.05) is 0 Å². The van der Waals surface area contributed by atoms with Gasteiger partial charge in [0, 0.05) is 29.9 Å². The van der Waals surface area contributed by atoms with Crippen molar-refractivity contribution >= 4 is 26.4 Å². The number of ether oxygens (including phenoxy) is 1. The van der Waals surface area contributed by atoms with Crippen LogP contribution < -0.4 is 9.64 Å². The number of hydrogen-bond acceptors (Lipinski definition) is 5. The number of sulfone groups is 1. The highest BCUT2D eigenvalue weighted by atomic mass is 32.2. The summed E-state index contributed by atoms with van der Waals surface area (Å²) in [7, 11) is -0.945. The molecule has 1 saturated heterocycles. The molecule has 124 valence electrons. The molecule has 1 aromatic carbocycles. The summed E-state index contributed by atoms with van der Waals surface area (Å²) >= 11 is 0. The summed E-state index contributed by atoms with van der Waals surface area (Å²) in [6.45, 7) is 4.52. The second-order valence-corrected chi connectivity index (χ2v) is 8.29. The standard InChI is InChI=1S/C17H22N2O3S/c1-4-22-14-5-6-16-15(10-14)17(9-12(2)18-16)19(3)13-7-8-23(20,21)11-13/h5-6,9-10,13H,4,7-8,11H2,1-3H3. The summed E-state index contributed by atoms with van der Waals surface area (Å²) in [6, 6.07) is 7.89. The summed E-state index contributed by atoms with van der Waals surface area (Å²) in [6.07, 6.45) is 0.673. The number of pyridine rings is 1. The van der Waals surface area contributed by atoms with E-state index in [-0.39, 0.29) is 17.5 Å². The van der Waals surface area contributed by atoms with Crippen LogP contribution in [0.15, 0.2) is 24.3 Å². The molecular weight excluding hydrogens is 312 g/mol. The molecule has 6 heteroatoms. The first-order chi connectivity index (χ1) is 10.9. The molecule has 1 aliphatic heterocycles. The fourth-order valence-electron chi connectivity index (χ4n) is 3.14. The summed E-state index contributed by atoms with van der Waals surface area (Å²) < 4.78 is 29.2. The minimum absolute atomic E-state index is 0.0146. The summed E-state index contributed by atoms with van der Waals surface area (Å²) in [5, 5.41) is 0.994. The van der Waals surface area contributed by atoms with Gasteiger partial charge in [0.15, 0.2) is 9.84 Å². The normalized spacial score (nSPS) is 19.9. The average molecular weight is 334 g/mol. The van der Waals surface area contributed by atoms with E-state index < -0.39 is 9.84 Å². The quantitative estimate of drug-likeness (QED) is 0.860. The first kappa shape index (κ1) is 16.1. The molecule has 0 N–H and O–H groups in total. The lowest BCUT2D eigenvalue weighted by atomic mass is 10.1. The molecule has 2 heterocycles. The zero-order valence-corrected chi connectivity index (χ0v) is 14.6. The molecular formula is C17H22N2O3S. The number of hydrogen-bond donors (Lipinski definition) is 0. The van der Waals surface area contributed by atoms with Gasteiger partial charge in [0.2, 0.25) is 0 Å². The number of rotatable bonds is 4. The third-order valence-corrected chi connectivity index (χ3v) is 6.08. The van der Waals surface area contributed by atoms with E-state index in [0.717, 1.165) is 28.0 Å². The minimum atomic E-state index is -2.91. The number of fused-ring (bicyclic) bond motifs is 1. The highest BCUT2D eigenvalue weighted by molar-refractivity contribution is 7.91. The summed E-state index contributed by atoms with van der Waals surface area (Å²) in [5.41, 5.74) is 2.83. The molecule has 1 aliphatic rings. The maximum atomic E-state index is 11.8. The van der Waals surface area contributed by atoms with Gasteiger partial charge in [-0.2, -0.15) is 0 Å². The van der Waals surface area contributed by atoms with Crippen LogP contribution in [0.2, 0.25) is 0 Å². The Morgan fingerprint density at radius 1 is 1.35 bits per heavy atom. The van der Waals surface area contributed by atoms with Gasteiger partial charge in [-0.3, -0.25) is 4.98 Å². The Kier molecular flexibility index (Phi) is 4.19. The second-order valence-electron chi connectivity index (χ2n) is 6.06. The van der Waals surface area contributed by atoms with Gasteiger partial charge in [-0.05, 0) is 44.5 Å². The molecule has 3 rings (SSSR count). The smallest absolute Gasteiger partial charge is 0.152 e. The Labute approximate surface area is 137 Å². The molecule has 0 amide bonds. The van der Waals surface area contributed by atoms with E-state index in [4.69, 9.17) is 4.74 Å². The van der Waals surface area contributed by atoms with Crippen LogP contribution in [0.3, 0.4) is 0 Å². The molecule has 0 bridgehead atoms. The SMILES string of the molecule is CCOc1ccc2nc(C)cc(N(C)C3CCS(=O)(=O)C3)c2c1. The van der Waals surface area contributed by atoms with Gasteiger partial charge in [-0.25, -0.2) is 8.42 Å². The number of anilines is 1. The van der Waals surface area contributed by atoms with Crippen molar-refractivity contribution in [1.29, 1.82) is 0 Å². The highest BCUT2D eigenvalue weighted by Crippen LogP contribution is 2.32. The largest absolute Gasteiger partial charge is 0.494 e. The highest BCUT2D eigenvalue weighted by Gasteiger charge is 2.31. The number of benzene rings is 1. The van der Waals surface area contributed by atoms with Crippen LogP contribution >= 0.6 is 0 Å². The third-order valence-electron chi connectivity index (χ3n) is 4.33. The Morgan fingerprint density at radius 3 is 2.78 bits per heavy atom. The molecule has 23 heavy (non-hydrogen) atoms. The lowest BCUT2D eigenvalue weighted by Gasteiger charge is -2.27. The fourth-order valence-corrected chi connectivity index (χ4v) is 4.92. The Morgan fingerprint density at radius 2 is 2.13 bits per heavy atom. The van der Waals surface area contributed by atoms with E-state index >= 15 is 0 Å². The van der Waals surface area contributed by atoms with Crippen molar-refractivity contribution < 1.29 is 13.2 Å². The van der Waals surface area contributed by atoms with Crippen molar-refractivity contribution in [3.63, 3.8) is 0 Å². The van der Waals surface area contributed by atoms with Crippen LogP contribution in [0.1, 0.15) is 19.0 Å². The Hall–Kier alpha value is -1.82. The van der Waals surface area contributed by atoms with E-state index in [0.29, 0.717) is 13.0 Å². The molecule has 0 saturated carbocycles. The van der Waals surface area contributed by atoms with E-state index in [1.165, 1.54) is 0 Å². The van der Waals surface area contributed by atoms with Crippen molar-refractivity contribution in [3.8, 4) is 5.75 Å².